The highest BCUT2D eigenvalue weighted by Crippen LogP contribution is 2.13. The van der Waals surface area contributed by atoms with Crippen LogP contribution < -0.4 is 5.32 Å². The first-order valence-electron chi connectivity index (χ1n) is 8.05. The Hall–Kier alpha value is -3.65. The monoisotopic (exact) mass is 346 g/mol. The molecule has 0 heterocycles. The molecule has 0 spiro atoms. The van der Waals surface area contributed by atoms with Crippen LogP contribution in [0.25, 0.3) is 12.2 Å². The number of benzene rings is 2. The van der Waals surface area contributed by atoms with E-state index in [1.165, 1.54) is 12.2 Å². The van der Waals surface area contributed by atoms with Crippen LogP contribution in [0.5, 0.6) is 0 Å². The van der Waals surface area contributed by atoms with Gasteiger partial charge in [0.1, 0.15) is 11.6 Å². The van der Waals surface area contributed by atoms with E-state index in [9.17, 15) is 9.59 Å². The quantitative estimate of drug-likeness (QED) is 0.490. The molecule has 0 aromatic heterocycles. The van der Waals surface area contributed by atoms with Crippen LogP contribution in [-0.2, 0) is 14.3 Å². The lowest BCUT2D eigenvalue weighted by atomic mass is 10.1. The predicted octanol–water partition coefficient (Wildman–Crippen LogP) is 3.81. The molecule has 5 nitrogen and oxygen atoms in total. The van der Waals surface area contributed by atoms with E-state index in [0.29, 0.717) is 11.3 Å². The lowest BCUT2D eigenvalue weighted by Crippen LogP contribution is -2.07. The fourth-order valence-corrected chi connectivity index (χ4v) is 2.10. The number of ether oxygens (including phenoxy) is 1. The van der Waals surface area contributed by atoms with Crippen LogP contribution in [0.1, 0.15) is 18.1 Å². The molecule has 0 radical (unpaired) electrons. The fourth-order valence-electron chi connectivity index (χ4n) is 2.10. The number of carbonyl (C=O) groups excluding carboxylic acids is 2. The minimum Gasteiger partial charge on any atom is -0.462 e. The summed E-state index contributed by atoms with van der Waals surface area (Å²) in [6.07, 6.45) is 4.63. The van der Waals surface area contributed by atoms with Crippen molar-refractivity contribution >= 4 is 29.7 Å². The second-order valence-electron chi connectivity index (χ2n) is 5.25. The van der Waals surface area contributed by atoms with Gasteiger partial charge in [0.15, 0.2) is 0 Å². The maximum atomic E-state index is 11.9. The third kappa shape index (κ3) is 5.77. The molecular formula is C21H18N2O3. The van der Waals surface area contributed by atoms with Gasteiger partial charge in [-0.3, -0.25) is 4.79 Å². The Morgan fingerprint density at radius 3 is 2.38 bits per heavy atom. The number of rotatable bonds is 6. The molecule has 0 saturated carbocycles. The average molecular weight is 346 g/mol. The first-order valence-corrected chi connectivity index (χ1v) is 8.05. The van der Waals surface area contributed by atoms with Crippen molar-refractivity contribution in [3.05, 3.63) is 77.4 Å². The first-order chi connectivity index (χ1) is 12.6. The standard InChI is InChI=1S/C21H18N2O3/c1-2-26-21(25)18(15-22)14-17-8-11-19(12-9-17)23-20(24)13-10-16-6-4-3-5-7-16/h3-14H,2H2,1H3,(H,23,24). The molecule has 0 unspecified atom stereocenters. The minimum atomic E-state index is -0.654. The molecule has 130 valence electrons. The van der Waals surface area contributed by atoms with Gasteiger partial charge in [0.25, 0.3) is 0 Å². The molecule has 0 bridgehead atoms. The third-order valence-electron chi connectivity index (χ3n) is 3.33. The molecule has 0 saturated heterocycles. The Labute approximate surface area is 152 Å². The number of nitriles is 1. The van der Waals surface area contributed by atoms with Crippen LogP contribution >= 0.6 is 0 Å². The van der Waals surface area contributed by atoms with Crippen molar-refractivity contribution in [2.45, 2.75) is 6.92 Å². The highest BCUT2D eigenvalue weighted by Gasteiger charge is 2.09. The predicted molar refractivity (Wildman–Crippen MR) is 101 cm³/mol. The van der Waals surface area contributed by atoms with Crippen LogP contribution in [-0.4, -0.2) is 18.5 Å². The van der Waals surface area contributed by atoms with E-state index in [1.807, 2.05) is 36.4 Å². The van der Waals surface area contributed by atoms with E-state index in [4.69, 9.17) is 10.00 Å². The SMILES string of the molecule is CCOC(=O)C(C#N)=Cc1ccc(NC(=O)C=Cc2ccccc2)cc1. The summed E-state index contributed by atoms with van der Waals surface area (Å²) in [5.74, 6) is -0.903. The van der Waals surface area contributed by atoms with E-state index in [-0.39, 0.29) is 18.1 Å². The van der Waals surface area contributed by atoms with Crippen LogP contribution in [0.2, 0.25) is 0 Å². The summed E-state index contributed by atoms with van der Waals surface area (Å²) in [7, 11) is 0. The summed E-state index contributed by atoms with van der Waals surface area (Å²) in [6.45, 7) is 1.88. The van der Waals surface area contributed by atoms with Crippen LogP contribution in [0.15, 0.2) is 66.2 Å². The Balaban J connectivity index is 2.01. The second-order valence-corrected chi connectivity index (χ2v) is 5.25. The van der Waals surface area contributed by atoms with E-state index in [2.05, 4.69) is 5.32 Å². The number of nitrogens with zero attached hydrogens (tertiary/aromatic N) is 1. The zero-order valence-corrected chi connectivity index (χ0v) is 14.3. The minimum absolute atomic E-state index is 0.0746. The lowest BCUT2D eigenvalue weighted by molar-refractivity contribution is -0.137. The first kappa shape index (κ1) is 18.7. The van der Waals surface area contributed by atoms with Gasteiger partial charge in [-0.15, -0.1) is 0 Å². The Bertz CT molecular complexity index is 860. The van der Waals surface area contributed by atoms with Crippen molar-refractivity contribution < 1.29 is 14.3 Å². The Morgan fingerprint density at radius 1 is 1.08 bits per heavy atom. The number of nitrogens with one attached hydrogen (secondary N) is 1. The van der Waals surface area contributed by atoms with E-state index >= 15 is 0 Å². The Kier molecular flexibility index (Phi) is 6.90. The number of hydrogen-bond donors (Lipinski definition) is 1. The van der Waals surface area contributed by atoms with Gasteiger partial charge in [-0.2, -0.15) is 5.26 Å². The number of hydrogen-bond acceptors (Lipinski definition) is 4. The topological polar surface area (TPSA) is 79.2 Å². The van der Waals surface area contributed by atoms with Crippen molar-refractivity contribution in [2.75, 3.05) is 11.9 Å². The van der Waals surface area contributed by atoms with Gasteiger partial charge in [0.05, 0.1) is 6.61 Å². The van der Waals surface area contributed by atoms with Crippen molar-refractivity contribution in [3.8, 4) is 6.07 Å². The molecule has 0 aliphatic heterocycles. The average Bonchev–Trinajstić information content (AvgIpc) is 2.66. The fraction of sp³-hybridized carbons (Fsp3) is 0.0952. The van der Waals surface area contributed by atoms with Gasteiger partial charge >= 0.3 is 5.97 Å². The maximum Gasteiger partial charge on any atom is 0.348 e. The number of esters is 1. The molecule has 0 fully saturated rings. The Morgan fingerprint density at radius 2 is 1.77 bits per heavy atom. The van der Waals surface area contributed by atoms with E-state index in [1.54, 1.807) is 37.3 Å². The molecule has 26 heavy (non-hydrogen) atoms. The van der Waals surface area contributed by atoms with Crippen LogP contribution in [0.3, 0.4) is 0 Å². The maximum absolute atomic E-state index is 11.9. The lowest BCUT2D eigenvalue weighted by Gasteiger charge is -2.03. The smallest absolute Gasteiger partial charge is 0.348 e. The van der Waals surface area contributed by atoms with Crippen LogP contribution in [0.4, 0.5) is 5.69 Å². The number of anilines is 1. The summed E-state index contributed by atoms with van der Waals surface area (Å²) in [5, 5.41) is 11.8. The molecule has 2 aromatic carbocycles. The molecule has 1 N–H and O–H groups in total. The summed E-state index contributed by atoms with van der Waals surface area (Å²) < 4.78 is 4.81. The van der Waals surface area contributed by atoms with Crippen LogP contribution in [0, 0.1) is 11.3 Å². The highest BCUT2D eigenvalue weighted by atomic mass is 16.5. The highest BCUT2D eigenvalue weighted by molar-refractivity contribution is 6.02. The molecular weight excluding hydrogens is 328 g/mol. The normalized spacial score (nSPS) is 11.0. The van der Waals surface area contributed by atoms with Crippen molar-refractivity contribution in [1.29, 1.82) is 5.26 Å². The van der Waals surface area contributed by atoms with Crippen molar-refractivity contribution in [3.63, 3.8) is 0 Å². The van der Waals surface area contributed by atoms with Gasteiger partial charge in [0, 0.05) is 11.8 Å². The summed E-state index contributed by atoms with van der Waals surface area (Å²) in [6, 6.07) is 18.1. The summed E-state index contributed by atoms with van der Waals surface area (Å²) in [4.78, 5) is 23.5. The van der Waals surface area contributed by atoms with E-state index in [0.717, 1.165) is 5.56 Å². The van der Waals surface area contributed by atoms with E-state index < -0.39 is 5.97 Å². The number of carbonyl (C=O) groups is 2. The zero-order valence-electron chi connectivity index (χ0n) is 14.3. The van der Waals surface area contributed by atoms with Gasteiger partial charge < -0.3 is 10.1 Å². The van der Waals surface area contributed by atoms with Gasteiger partial charge in [-0.1, -0.05) is 42.5 Å². The molecule has 2 rings (SSSR count). The summed E-state index contributed by atoms with van der Waals surface area (Å²) in [5.41, 5.74) is 2.13. The third-order valence-corrected chi connectivity index (χ3v) is 3.33. The summed E-state index contributed by atoms with van der Waals surface area (Å²) >= 11 is 0. The van der Waals surface area contributed by atoms with Crippen molar-refractivity contribution in [2.24, 2.45) is 0 Å². The molecule has 2 aromatic rings. The molecule has 1 amide bonds. The molecule has 0 aliphatic carbocycles. The zero-order chi connectivity index (χ0) is 18.8. The van der Waals surface area contributed by atoms with Gasteiger partial charge in [-0.25, -0.2) is 4.79 Å². The molecule has 0 aliphatic rings. The second kappa shape index (κ2) is 9.60. The number of amides is 1. The largest absolute Gasteiger partial charge is 0.462 e. The van der Waals surface area contributed by atoms with Crippen molar-refractivity contribution in [1.82, 2.24) is 0 Å². The van der Waals surface area contributed by atoms with Gasteiger partial charge in [0.2, 0.25) is 5.91 Å². The van der Waals surface area contributed by atoms with Gasteiger partial charge in [-0.05, 0) is 42.3 Å². The molecule has 5 heteroatoms. The molecule has 0 atom stereocenters.